The first kappa shape index (κ1) is 11.7. The van der Waals surface area contributed by atoms with Crippen molar-refractivity contribution in [2.75, 3.05) is 7.11 Å². The third-order valence-corrected chi connectivity index (χ3v) is 2.26. The number of methoxy groups -OCH3 is 1. The molecule has 82 valence electrons. The van der Waals surface area contributed by atoms with Crippen LogP contribution < -0.4 is 4.74 Å². The van der Waals surface area contributed by atoms with E-state index < -0.39 is 5.97 Å². The van der Waals surface area contributed by atoms with Crippen molar-refractivity contribution >= 4 is 17.6 Å². The Morgan fingerprint density at radius 1 is 1.53 bits per heavy atom. The molecule has 0 amide bonds. The fourth-order valence-electron chi connectivity index (χ4n) is 1.18. The van der Waals surface area contributed by atoms with Gasteiger partial charge in [-0.1, -0.05) is 11.6 Å². The Labute approximate surface area is 92.1 Å². The fraction of sp³-hybridized carbons (Fsp3) is 0.300. The molecule has 1 aromatic rings. The maximum atomic E-state index is 10.4. The van der Waals surface area contributed by atoms with E-state index in [-0.39, 0.29) is 18.6 Å². The molecule has 15 heavy (non-hydrogen) atoms. The summed E-state index contributed by atoms with van der Waals surface area (Å²) in [6.07, 6.45) is 0.201. The molecule has 0 unspecified atom stereocenters. The van der Waals surface area contributed by atoms with Gasteiger partial charge in [0.05, 0.1) is 12.1 Å². The van der Waals surface area contributed by atoms with Gasteiger partial charge in [-0.05, 0) is 18.1 Å². The molecule has 1 aromatic carbocycles. The highest BCUT2D eigenvalue weighted by Gasteiger charge is 2.09. The lowest BCUT2D eigenvalue weighted by Gasteiger charge is -2.08. The smallest absolute Gasteiger partial charge is 0.303 e. The van der Waals surface area contributed by atoms with Crippen molar-refractivity contribution in [3.63, 3.8) is 0 Å². The van der Waals surface area contributed by atoms with Crippen molar-refractivity contribution in [1.29, 1.82) is 0 Å². The van der Waals surface area contributed by atoms with E-state index in [0.717, 1.165) is 0 Å². The predicted octanol–water partition coefficient (Wildman–Crippen LogP) is 2.07. The topological polar surface area (TPSA) is 66.8 Å². The Balaban J connectivity index is 2.92. The molecule has 2 N–H and O–H groups in total. The molecule has 4 nitrogen and oxygen atoms in total. The maximum absolute atomic E-state index is 10.4. The van der Waals surface area contributed by atoms with Gasteiger partial charge >= 0.3 is 5.97 Å². The summed E-state index contributed by atoms with van der Waals surface area (Å²) in [5.74, 6) is -0.500. The number of phenols is 1. The van der Waals surface area contributed by atoms with Crippen LogP contribution in [0.15, 0.2) is 12.1 Å². The second kappa shape index (κ2) is 4.89. The standard InChI is InChI=1S/C10H11ClO4/c1-15-9-4-6(2-3-10(13)14)8(12)5-7(9)11/h4-5,12H,2-3H2,1H3,(H,13,14). The minimum atomic E-state index is -0.914. The number of aryl methyl sites for hydroxylation is 1. The number of aliphatic carboxylic acids is 1. The van der Waals surface area contributed by atoms with E-state index in [2.05, 4.69) is 0 Å². The summed E-state index contributed by atoms with van der Waals surface area (Å²) in [5.41, 5.74) is 0.513. The van der Waals surface area contributed by atoms with Gasteiger partial charge in [-0.2, -0.15) is 0 Å². The van der Waals surface area contributed by atoms with Crippen LogP contribution in [0.2, 0.25) is 5.02 Å². The van der Waals surface area contributed by atoms with Gasteiger partial charge < -0.3 is 14.9 Å². The first-order valence-corrected chi connectivity index (χ1v) is 4.69. The van der Waals surface area contributed by atoms with Crippen LogP contribution in [-0.2, 0) is 11.2 Å². The van der Waals surface area contributed by atoms with Crippen molar-refractivity contribution in [3.05, 3.63) is 22.7 Å². The second-order valence-electron chi connectivity index (χ2n) is 3.01. The van der Waals surface area contributed by atoms with Gasteiger partial charge in [0.1, 0.15) is 11.5 Å². The highest BCUT2D eigenvalue weighted by molar-refractivity contribution is 6.32. The van der Waals surface area contributed by atoms with Crippen LogP contribution in [0.3, 0.4) is 0 Å². The van der Waals surface area contributed by atoms with E-state index in [0.29, 0.717) is 16.3 Å². The molecule has 0 saturated carbocycles. The molecule has 0 saturated heterocycles. The number of halogens is 1. The van der Waals surface area contributed by atoms with Crippen molar-refractivity contribution in [1.82, 2.24) is 0 Å². The van der Waals surface area contributed by atoms with Crippen molar-refractivity contribution in [2.24, 2.45) is 0 Å². The minimum Gasteiger partial charge on any atom is -0.508 e. The van der Waals surface area contributed by atoms with E-state index in [1.54, 1.807) is 6.07 Å². The zero-order valence-electron chi connectivity index (χ0n) is 8.16. The molecular weight excluding hydrogens is 220 g/mol. The summed E-state index contributed by atoms with van der Waals surface area (Å²) >= 11 is 5.76. The molecule has 0 radical (unpaired) electrons. The highest BCUT2D eigenvalue weighted by atomic mass is 35.5. The summed E-state index contributed by atoms with van der Waals surface area (Å²) in [6, 6.07) is 2.89. The fourth-order valence-corrected chi connectivity index (χ4v) is 1.42. The Morgan fingerprint density at radius 2 is 2.20 bits per heavy atom. The van der Waals surface area contributed by atoms with Crippen LogP contribution in [0.25, 0.3) is 0 Å². The number of carboxylic acids is 1. The van der Waals surface area contributed by atoms with Crippen LogP contribution in [0.1, 0.15) is 12.0 Å². The van der Waals surface area contributed by atoms with Crippen LogP contribution >= 0.6 is 11.6 Å². The van der Waals surface area contributed by atoms with E-state index in [4.69, 9.17) is 21.4 Å². The van der Waals surface area contributed by atoms with Crippen molar-refractivity contribution in [2.45, 2.75) is 12.8 Å². The molecule has 0 spiro atoms. The molecule has 0 fully saturated rings. The number of phenolic OH excluding ortho intramolecular Hbond substituents is 1. The molecule has 0 aliphatic heterocycles. The lowest BCUT2D eigenvalue weighted by molar-refractivity contribution is -0.136. The number of benzene rings is 1. The average molecular weight is 231 g/mol. The Hall–Kier alpha value is -1.42. The van der Waals surface area contributed by atoms with Crippen LogP contribution in [0.5, 0.6) is 11.5 Å². The number of hydrogen-bond acceptors (Lipinski definition) is 3. The van der Waals surface area contributed by atoms with Gasteiger partial charge in [0.25, 0.3) is 0 Å². The monoisotopic (exact) mass is 230 g/mol. The quantitative estimate of drug-likeness (QED) is 0.831. The molecular formula is C10H11ClO4. The second-order valence-corrected chi connectivity index (χ2v) is 3.42. The summed E-state index contributed by atoms with van der Waals surface area (Å²) < 4.78 is 4.96. The molecule has 0 aliphatic carbocycles. The van der Waals surface area contributed by atoms with Crippen LogP contribution in [0, 0.1) is 0 Å². The average Bonchev–Trinajstić information content (AvgIpc) is 2.16. The van der Waals surface area contributed by atoms with E-state index >= 15 is 0 Å². The minimum absolute atomic E-state index is 0.0120. The zero-order chi connectivity index (χ0) is 11.4. The molecule has 0 bridgehead atoms. The Bertz CT molecular complexity index is 376. The first-order chi connectivity index (χ1) is 7.04. The van der Waals surface area contributed by atoms with E-state index in [9.17, 15) is 9.90 Å². The number of carboxylic acid groups (broad SMARTS) is 1. The summed E-state index contributed by atoms with van der Waals surface area (Å²) in [7, 11) is 1.46. The summed E-state index contributed by atoms with van der Waals surface area (Å²) in [4.78, 5) is 10.4. The molecule has 1 rings (SSSR count). The SMILES string of the molecule is COc1cc(CCC(=O)O)c(O)cc1Cl. The number of carbonyl (C=O) groups is 1. The Morgan fingerprint density at radius 3 is 2.73 bits per heavy atom. The largest absolute Gasteiger partial charge is 0.508 e. The summed E-state index contributed by atoms with van der Waals surface area (Å²) in [5, 5.41) is 18.3. The molecule has 0 heterocycles. The third kappa shape index (κ3) is 3.02. The molecule has 5 heteroatoms. The van der Waals surface area contributed by atoms with Crippen LogP contribution in [0.4, 0.5) is 0 Å². The predicted molar refractivity (Wildman–Crippen MR) is 55.6 cm³/mol. The lowest BCUT2D eigenvalue weighted by atomic mass is 10.1. The lowest BCUT2D eigenvalue weighted by Crippen LogP contribution is -1.98. The van der Waals surface area contributed by atoms with Gasteiger partial charge in [-0.3, -0.25) is 4.79 Å². The normalized spacial score (nSPS) is 10.0. The molecule has 0 atom stereocenters. The number of rotatable bonds is 4. The summed E-state index contributed by atoms with van der Waals surface area (Å²) in [6.45, 7) is 0. The van der Waals surface area contributed by atoms with E-state index in [1.165, 1.54) is 13.2 Å². The van der Waals surface area contributed by atoms with Crippen LogP contribution in [-0.4, -0.2) is 23.3 Å². The van der Waals surface area contributed by atoms with Gasteiger partial charge in [0.2, 0.25) is 0 Å². The third-order valence-electron chi connectivity index (χ3n) is 1.96. The first-order valence-electron chi connectivity index (χ1n) is 4.31. The van der Waals surface area contributed by atoms with Crippen molar-refractivity contribution in [3.8, 4) is 11.5 Å². The van der Waals surface area contributed by atoms with Crippen molar-refractivity contribution < 1.29 is 19.7 Å². The Kier molecular flexibility index (Phi) is 3.80. The molecule has 0 aliphatic rings. The number of ether oxygens (including phenoxy) is 1. The van der Waals surface area contributed by atoms with Gasteiger partial charge in [0.15, 0.2) is 0 Å². The number of hydrogen-bond donors (Lipinski definition) is 2. The van der Waals surface area contributed by atoms with E-state index in [1.807, 2.05) is 0 Å². The van der Waals surface area contributed by atoms with Gasteiger partial charge in [-0.15, -0.1) is 0 Å². The van der Waals surface area contributed by atoms with Gasteiger partial charge in [0, 0.05) is 12.5 Å². The molecule has 0 aromatic heterocycles. The zero-order valence-corrected chi connectivity index (χ0v) is 8.91. The van der Waals surface area contributed by atoms with Gasteiger partial charge in [-0.25, -0.2) is 0 Å². The number of aromatic hydroxyl groups is 1. The highest BCUT2D eigenvalue weighted by Crippen LogP contribution is 2.32. The maximum Gasteiger partial charge on any atom is 0.303 e.